The molecular formula is C23H21FN2O4. The van der Waals surface area contributed by atoms with Gasteiger partial charge >= 0.3 is 0 Å². The van der Waals surface area contributed by atoms with Crippen molar-refractivity contribution in [2.75, 3.05) is 6.54 Å². The first kappa shape index (κ1) is 19.8. The van der Waals surface area contributed by atoms with Crippen molar-refractivity contribution < 1.29 is 23.1 Å². The summed E-state index contributed by atoms with van der Waals surface area (Å²) in [5, 5.41) is 2.80. The van der Waals surface area contributed by atoms with Crippen molar-refractivity contribution in [2.45, 2.75) is 33.3 Å². The molecule has 0 aliphatic carbocycles. The van der Waals surface area contributed by atoms with Crippen molar-refractivity contribution in [3.8, 4) is 16.9 Å². The second kappa shape index (κ2) is 7.74. The molecule has 7 heteroatoms. The zero-order chi connectivity index (χ0) is 21.4. The average molecular weight is 408 g/mol. The number of nitrogens with one attached hydrogen (secondary N) is 1. The summed E-state index contributed by atoms with van der Waals surface area (Å²) in [6, 6.07) is 8.17. The van der Waals surface area contributed by atoms with Crippen molar-refractivity contribution in [3.05, 3.63) is 70.7 Å². The summed E-state index contributed by atoms with van der Waals surface area (Å²) >= 11 is 0. The maximum Gasteiger partial charge on any atom is 0.289 e. The molecule has 1 atom stereocenters. The number of aromatic nitrogens is 1. The summed E-state index contributed by atoms with van der Waals surface area (Å²) in [5.74, 6) is -0.166. The number of oxazole rings is 1. The van der Waals surface area contributed by atoms with Gasteiger partial charge in [-0.05, 0) is 56.2 Å². The highest BCUT2D eigenvalue weighted by Gasteiger charge is 2.28. The number of fused-ring (bicyclic) bond motifs is 1. The molecule has 2 heterocycles. The van der Waals surface area contributed by atoms with Gasteiger partial charge in [-0.15, -0.1) is 0 Å². The van der Waals surface area contributed by atoms with Crippen LogP contribution >= 0.6 is 0 Å². The lowest BCUT2D eigenvalue weighted by molar-refractivity contribution is 0.0904. The molecule has 0 saturated heterocycles. The van der Waals surface area contributed by atoms with Crippen LogP contribution in [0.5, 0.6) is 5.75 Å². The Morgan fingerprint density at radius 1 is 1.20 bits per heavy atom. The molecule has 1 aliphatic rings. The first-order valence-corrected chi connectivity index (χ1v) is 9.63. The fourth-order valence-corrected chi connectivity index (χ4v) is 3.66. The first-order valence-electron chi connectivity index (χ1n) is 9.63. The summed E-state index contributed by atoms with van der Waals surface area (Å²) in [4.78, 5) is 27.9. The van der Waals surface area contributed by atoms with Crippen LogP contribution in [0, 0.1) is 19.7 Å². The second-order valence-electron chi connectivity index (χ2n) is 7.47. The van der Waals surface area contributed by atoms with Gasteiger partial charge in [0.2, 0.25) is 5.76 Å². The van der Waals surface area contributed by atoms with E-state index in [-0.39, 0.29) is 30.1 Å². The third kappa shape index (κ3) is 3.70. The van der Waals surface area contributed by atoms with Crippen LogP contribution in [0.2, 0.25) is 0 Å². The van der Waals surface area contributed by atoms with Crippen LogP contribution < -0.4 is 10.1 Å². The molecule has 3 aromatic rings. The number of carbonyl (C=O) groups is 2. The van der Waals surface area contributed by atoms with Gasteiger partial charge in [-0.2, -0.15) is 0 Å². The number of benzene rings is 2. The Kier molecular flexibility index (Phi) is 5.11. The molecule has 0 radical (unpaired) electrons. The molecule has 1 N–H and O–H groups in total. The second-order valence-corrected chi connectivity index (χ2v) is 7.47. The summed E-state index contributed by atoms with van der Waals surface area (Å²) in [6.07, 6.45) is 1.50. The third-order valence-corrected chi connectivity index (χ3v) is 5.15. The molecule has 1 amide bonds. The molecular weight excluding hydrogens is 387 g/mol. The smallest absolute Gasteiger partial charge is 0.289 e. The van der Waals surface area contributed by atoms with Crippen LogP contribution in [0.25, 0.3) is 11.1 Å². The van der Waals surface area contributed by atoms with E-state index in [1.807, 2.05) is 19.1 Å². The van der Waals surface area contributed by atoms with Crippen molar-refractivity contribution >= 4 is 11.7 Å². The van der Waals surface area contributed by atoms with Gasteiger partial charge in [-0.1, -0.05) is 6.07 Å². The number of ether oxygens (including phenoxy) is 1. The Bertz CT molecular complexity index is 1150. The first-order chi connectivity index (χ1) is 14.3. The molecule has 0 fully saturated rings. The Balaban J connectivity index is 1.58. The van der Waals surface area contributed by atoms with Gasteiger partial charge in [0, 0.05) is 23.1 Å². The molecule has 154 valence electrons. The topological polar surface area (TPSA) is 81.4 Å². The van der Waals surface area contributed by atoms with Crippen molar-refractivity contribution in [1.29, 1.82) is 0 Å². The quantitative estimate of drug-likeness (QED) is 0.645. The number of hydrogen-bond donors (Lipinski definition) is 1. The predicted octanol–water partition coefficient (Wildman–Crippen LogP) is 4.03. The van der Waals surface area contributed by atoms with Gasteiger partial charge in [0.1, 0.15) is 17.7 Å². The largest absolute Gasteiger partial charge is 0.487 e. The zero-order valence-electron chi connectivity index (χ0n) is 16.9. The van der Waals surface area contributed by atoms with E-state index in [9.17, 15) is 14.0 Å². The van der Waals surface area contributed by atoms with Gasteiger partial charge in [-0.3, -0.25) is 9.59 Å². The number of amides is 1. The minimum atomic E-state index is -0.422. The van der Waals surface area contributed by atoms with Gasteiger partial charge in [0.15, 0.2) is 12.2 Å². The van der Waals surface area contributed by atoms with Crippen LogP contribution in [0.1, 0.15) is 44.7 Å². The van der Waals surface area contributed by atoms with E-state index in [2.05, 4.69) is 10.3 Å². The number of hydrogen-bond acceptors (Lipinski definition) is 5. The zero-order valence-corrected chi connectivity index (χ0v) is 16.9. The number of halogens is 1. The van der Waals surface area contributed by atoms with E-state index in [1.54, 1.807) is 13.0 Å². The molecule has 0 saturated carbocycles. The fourth-order valence-electron chi connectivity index (χ4n) is 3.66. The van der Waals surface area contributed by atoms with Gasteiger partial charge in [0.05, 0.1) is 12.2 Å². The molecule has 1 aromatic heterocycles. The highest BCUT2D eigenvalue weighted by atomic mass is 19.1. The van der Waals surface area contributed by atoms with Gasteiger partial charge in [-0.25, -0.2) is 9.37 Å². The van der Waals surface area contributed by atoms with Gasteiger partial charge in [0.25, 0.3) is 5.91 Å². The van der Waals surface area contributed by atoms with E-state index in [1.165, 1.54) is 25.5 Å². The number of ketones is 1. The number of Topliss-reactive ketones (excluding diaryl/α,β-unsaturated/α-hetero) is 1. The molecule has 1 aliphatic heterocycles. The highest BCUT2D eigenvalue weighted by Crippen LogP contribution is 2.41. The van der Waals surface area contributed by atoms with Gasteiger partial charge < -0.3 is 14.5 Å². The average Bonchev–Trinajstić information content (AvgIpc) is 3.31. The normalized spacial score (nSPS) is 14.9. The van der Waals surface area contributed by atoms with Crippen LogP contribution in [-0.2, 0) is 6.42 Å². The molecule has 0 unspecified atom stereocenters. The molecule has 0 bridgehead atoms. The molecule has 0 spiro atoms. The number of carbonyl (C=O) groups excluding carboxylic acids is 2. The van der Waals surface area contributed by atoms with Crippen molar-refractivity contribution in [3.63, 3.8) is 0 Å². The van der Waals surface area contributed by atoms with E-state index in [4.69, 9.17) is 9.15 Å². The van der Waals surface area contributed by atoms with E-state index in [0.29, 0.717) is 34.6 Å². The summed E-state index contributed by atoms with van der Waals surface area (Å²) in [6.45, 7) is 5.34. The summed E-state index contributed by atoms with van der Waals surface area (Å²) in [7, 11) is 0. The van der Waals surface area contributed by atoms with E-state index >= 15 is 0 Å². The summed E-state index contributed by atoms with van der Waals surface area (Å²) < 4.78 is 25.8. The number of aryl methyl sites for hydroxylation is 2. The van der Waals surface area contributed by atoms with Crippen LogP contribution in [0.15, 0.2) is 41.1 Å². The minimum Gasteiger partial charge on any atom is -0.487 e. The van der Waals surface area contributed by atoms with Crippen molar-refractivity contribution in [2.24, 2.45) is 0 Å². The van der Waals surface area contributed by atoms with Crippen LogP contribution in [0.4, 0.5) is 4.39 Å². The maximum atomic E-state index is 14.6. The Morgan fingerprint density at radius 2 is 2.00 bits per heavy atom. The number of rotatable bonds is 5. The predicted molar refractivity (Wildman–Crippen MR) is 108 cm³/mol. The SMILES string of the molecule is CC(=O)c1ccc(F)c(-c2cc(C)cc3c2O[C@H](CNC(=O)c2ocnc2C)C3)c1. The highest BCUT2D eigenvalue weighted by molar-refractivity contribution is 5.95. The monoisotopic (exact) mass is 408 g/mol. The molecule has 30 heavy (non-hydrogen) atoms. The Labute approximate surface area is 173 Å². The molecule has 6 nitrogen and oxygen atoms in total. The lowest BCUT2D eigenvalue weighted by Gasteiger charge is -2.14. The standard InChI is InChI=1S/C23H21FN2O4/c1-12-6-16-8-17(10-25-23(28)21-13(2)26-11-29-21)30-22(16)19(7-12)18-9-15(14(3)27)4-5-20(18)24/h4-7,9,11,17H,8,10H2,1-3H3,(H,25,28)/t17-/m0/s1. The van der Waals surface area contributed by atoms with E-state index in [0.717, 1.165) is 11.1 Å². The number of nitrogens with zero attached hydrogens (tertiary/aromatic N) is 1. The van der Waals surface area contributed by atoms with Crippen LogP contribution in [-0.4, -0.2) is 29.3 Å². The van der Waals surface area contributed by atoms with E-state index < -0.39 is 5.82 Å². The Morgan fingerprint density at radius 3 is 2.70 bits per heavy atom. The molecule has 4 rings (SSSR count). The maximum absolute atomic E-state index is 14.6. The summed E-state index contributed by atoms with van der Waals surface area (Å²) in [5.41, 5.74) is 3.78. The lowest BCUT2D eigenvalue weighted by atomic mass is 9.95. The lowest BCUT2D eigenvalue weighted by Crippen LogP contribution is -2.34. The molecule has 2 aromatic carbocycles. The van der Waals surface area contributed by atoms with Crippen molar-refractivity contribution in [1.82, 2.24) is 10.3 Å². The Hall–Kier alpha value is -3.48. The third-order valence-electron chi connectivity index (χ3n) is 5.15. The van der Waals surface area contributed by atoms with Crippen LogP contribution in [0.3, 0.4) is 0 Å². The minimum absolute atomic E-state index is 0.134. The fraction of sp³-hybridized carbons (Fsp3) is 0.261.